The molecule has 1 aromatic carbocycles. The number of rotatable bonds is 3. The number of phenols is 1. The Balaban J connectivity index is 0.000000219. The van der Waals surface area contributed by atoms with E-state index in [0.29, 0.717) is 29.4 Å². The number of carbonyl (C=O) groups is 2. The summed E-state index contributed by atoms with van der Waals surface area (Å²) in [7, 11) is 0. The third-order valence-electron chi connectivity index (χ3n) is 2.65. The molecule has 0 aliphatic rings. The van der Waals surface area contributed by atoms with Crippen molar-refractivity contribution in [3.63, 3.8) is 0 Å². The molecule has 0 unspecified atom stereocenters. The predicted molar refractivity (Wildman–Crippen MR) is 75.4 cm³/mol. The van der Waals surface area contributed by atoms with Crippen LogP contribution in [0.5, 0.6) is 11.5 Å². The molecule has 0 atom stereocenters. The average molecular weight is 289 g/mol. The monoisotopic (exact) mass is 289 g/mol. The quantitative estimate of drug-likeness (QED) is 0.741. The van der Waals surface area contributed by atoms with Crippen molar-refractivity contribution in [1.29, 1.82) is 0 Å². The highest BCUT2D eigenvalue weighted by Crippen LogP contribution is 2.21. The van der Waals surface area contributed by atoms with Gasteiger partial charge in [-0.15, -0.1) is 0 Å². The molecular formula is C15H15NO5. The molecule has 2 aromatic rings. The number of nitrogens with zero attached hydrogens (tertiary/aromatic N) is 1. The second-order valence-electron chi connectivity index (χ2n) is 4.12. The Hall–Kier alpha value is -2.73. The fourth-order valence-electron chi connectivity index (χ4n) is 1.51. The third kappa shape index (κ3) is 4.39. The second kappa shape index (κ2) is 7.76. The molecule has 110 valence electrons. The molecular weight excluding hydrogens is 274 g/mol. The number of hydrogen-bond acceptors (Lipinski definition) is 6. The van der Waals surface area contributed by atoms with Crippen LogP contribution in [0.4, 0.5) is 0 Å². The highest BCUT2D eigenvalue weighted by molar-refractivity contribution is 5.81. The van der Waals surface area contributed by atoms with E-state index in [0.717, 1.165) is 0 Å². The van der Waals surface area contributed by atoms with Crippen LogP contribution in [0.25, 0.3) is 0 Å². The first kappa shape index (κ1) is 16.3. The maximum Gasteiger partial charge on any atom is 0.154 e. The molecule has 0 aliphatic carbocycles. The molecule has 3 N–H and O–H groups in total. The summed E-state index contributed by atoms with van der Waals surface area (Å²) in [6.07, 6.45) is 2.58. The van der Waals surface area contributed by atoms with E-state index in [9.17, 15) is 14.7 Å². The third-order valence-corrected chi connectivity index (χ3v) is 2.65. The van der Waals surface area contributed by atoms with Crippen LogP contribution in [0.3, 0.4) is 0 Å². The van der Waals surface area contributed by atoms with Gasteiger partial charge in [0.2, 0.25) is 0 Å². The topological polar surface area (TPSA) is 108 Å². The van der Waals surface area contributed by atoms with Crippen molar-refractivity contribution >= 4 is 12.6 Å². The maximum atomic E-state index is 10.5. The van der Waals surface area contributed by atoms with Crippen molar-refractivity contribution in [3.8, 4) is 11.5 Å². The van der Waals surface area contributed by atoms with Crippen molar-refractivity contribution < 1.29 is 24.9 Å². The van der Waals surface area contributed by atoms with Crippen LogP contribution in [0.15, 0.2) is 30.5 Å². The van der Waals surface area contributed by atoms with Crippen molar-refractivity contribution in [2.24, 2.45) is 0 Å². The minimum absolute atomic E-state index is 0.116. The Morgan fingerprint density at radius 3 is 2.38 bits per heavy atom. The number of aromatic hydroxyl groups is 2. The average Bonchev–Trinajstić information content (AvgIpc) is 2.50. The normalized spacial score (nSPS) is 9.43. The largest absolute Gasteiger partial charge is 0.508 e. The molecule has 0 saturated carbocycles. The molecule has 0 spiro atoms. The van der Waals surface area contributed by atoms with Crippen LogP contribution in [0, 0.1) is 6.92 Å². The summed E-state index contributed by atoms with van der Waals surface area (Å²) in [6, 6.07) is 6.19. The van der Waals surface area contributed by atoms with Gasteiger partial charge in [-0.25, -0.2) is 0 Å². The van der Waals surface area contributed by atoms with Gasteiger partial charge in [0, 0.05) is 17.3 Å². The highest BCUT2D eigenvalue weighted by atomic mass is 16.3. The van der Waals surface area contributed by atoms with E-state index in [4.69, 9.17) is 10.2 Å². The summed E-state index contributed by atoms with van der Waals surface area (Å²) in [4.78, 5) is 24.3. The van der Waals surface area contributed by atoms with Gasteiger partial charge in [0.1, 0.15) is 17.8 Å². The van der Waals surface area contributed by atoms with Crippen LogP contribution in [-0.2, 0) is 6.61 Å². The predicted octanol–water partition coefficient (Wildman–Crippen LogP) is 1.61. The number of aromatic nitrogens is 1. The molecule has 6 heteroatoms. The first-order chi connectivity index (χ1) is 10.0. The van der Waals surface area contributed by atoms with E-state index in [2.05, 4.69) is 4.98 Å². The number of aliphatic hydroxyl groups excluding tert-OH is 1. The van der Waals surface area contributed by atoms with Gasteiger partial charge in [0.05, 0.1) is 17.9 Å². The Bertz CT molecular complexity index is 640. The van der Waals surface area contributed by atoms with Gasteiger partial charge in [0.15, 0.2) is 6.29 Å². The zero-order valence-corrected chi connectivity index (χ0v) is 11.4. The SMILES string of the molecule is Cc1ncc(CO)c(C=O)c1O.O=Cc1cccc(O)c1. The van der Waals surface area contributed by atoms with E-state index in [1.807, 2.05) is 0 Å². The summed E-state index contributed by atoms with van der Waals surface area (Å²) in [5.41, 5.74) is 1.34. The Morgan fingerprint density at radius 1 is 1.19 bits per heavy atom. The van der Waals surface area contributed by atoms with Crippen molar-refractivity contribution in [2.75, 3.05) is 0 Å². The first-order valence-corrected chi connectivity index (χ1v) is 6.01. The fourth-order valence-corrected chi connectivity index (χ4v) is 1.51. The second-order valence-corrected chi connectivity index (χ2v) is 4.12. The standard InChI is InChI=1S/C8H9NO3.C7H6O2/c1-5-8(12)7(4-11)6(3-10)2-9-5;8-5-6-2-1-3-7(9)4-6/h2,4,10,12H,3H2,1H3;1-5,9H. The lowest BCUT2D eigenvalue weighted by molar-refractivity contribution is 0.111. The van der Waals surface area contributed by atoms with Gasteiger partial charge in [-0.2, -0.15) is 0 Å². The van der Waals surface area contributed by atoms with Gasteiger partial charge >= 0.3 is 0 Å². The van der Waals surface area contributed by atoms with Gasteiger partial charge in [-0.1, -0.05) is 12.1 Å². The summed E-state index contributed by atoms with van der Waals surface area (Å²) in [5, 5.41) is 26.8. The molecule has 0 fully saturated rings. The molecule has 1 aromatic heterocycles. The summed E-state index contributed by atoms with van der Waals surface area (Å²) in [6.45, 7) is 1.29. The molecule has 1 heterocycles. The van der Waals surface area contributed by atoms with E-state index >= 15 is 0 Å². The molecule has 0 radical (unpaired) electrons. The lowest BCUT2D eigenvalue weighted by atomic mass is 10.1. The fraction of sp³-hybridized carbons (Fsp3) is 0.133. The molecule has 0 aliphatic heterocycles. The smallest absolute Gasteiger partial charge is 0.154 e. The Kier molecular flexibility index (Phi) is 6.03. The highest BCUT2D eigenvalue weighted by Gasteiger charge is 2.09. The lowest BCUT2D eigenvalue weighted by Crippen LogP contribution is -1.96. The van der Waals surface area contributed by atoms with E-state index in [1.165, 1.54) is 18.3 Å². The van der Waals surface area contributed by atoms with Crippen LogP contribution >= 0.6 is 0 Å². The van der Waals surface area contributed by atoms with Crippen LogP contribution in [0.2, 0.25) is 0 Å². The number of pyridine rings is 1. The minimum atomic E-state index is -0.297. The number of benzene rings is 1. The molecule has 0 bridgehead atoms. The van der Waals surface area contributed by atoms with Crippen molar-refractivity contribution in [3.05, 3.63) is 52.8 Å². The van der Waals surface area contributed by atoms with Crippen LogP contribution < -0.4 is 0 Å². The molecule has 0 saturated heterocycles. The number of hydrogen-bond donors (Lipinski definition) is 3. The molecule has 6 nitrogen and oxygen atoms in total. The van der Waals surface area contributed by atoms with E-state index < -0.39 is 0 Å². The Labute approximate surface area is 121 Å². The summed E-state index contributed by atoms with van der Waals surface area (Å²) in [5.74, 6) is -0.0313. The van der Waals surface area contributed by atoms with Crippen molar-refractivity contribution in [2.45, 2.75) is 13.5 Å². The number of phenolic OH excluding ortho intramolecular Hbond substituents is 1. The van der Waals surface area contributed by atoms with Gasteiger partial charge in [0.25, 0.3) is 0 Å². The van der Waals surface area contributed by atoms with Crippen molar-refractivity contribution in [1.82, 2.24) is 4.98 Å². The molecule has 21 heavy (non-hydrogen) atoms. The number of aldehydes is 2. The zero-order valence-electron chi connectivity index (χ0n) is 11.4. The van der Waals surface area contributed by atoms with Gasteiger partial charge < -0.3 is 15.3 Å². The lowest BCUT2D eigenvalue weighted by Gasteiger charge is -2.04. The molecule has 2 rings (SSSR count). The summed E-state index contributed by atoms with van der Waals surface area (Å²) >= 11 is 0. The van der Waals surface area contributed by atoms with E-state index in [-0.39, 0.29) is 23.7 Å². The van der Waals surface area contributed by atoms with Crippen LogP contribution in [-0.4, -0.2) is 32.9 Å². The van der Waals surface area contributed by atoms with Gasteiger partial charge in [-0.3, -0.25) is 14.6 Å². The van der Waals surface area contributed by atoms with E-state index in [1.54, 1.807) is 19.1 Å². The zero-order chi connectivity index (χ0) is 15.8. The Morgan fingerprint density at radius 2 is 1.90 bits per heavy atom. The summed E-state index contributed by atoms with van der Waals surface area (Å²) < 4.78 is 0. The number of aryl methyl sites for hydroxylation is 1. The maximum absolute atomic E-state index is 10.5. The minimum Gasteiger partial charge on any atom is -0.508 e. The molecule has 0 amide bonds. The number of aliphatic hydroxyl groups is 1. The van der Waals surface area contributed by atoms with Crippen LogP contribution in [0.1, 0.15) is 32.0 Å². The van der Waals surface area contributed by atoms with Gasteiger partial charge in [-0.05, 0) is 19.1 Å². The first-order valence-electron chi connectivity index (χ1n) is 6.01. The number of carbonyl (C=O) groups excluding carboxylic acids is 2.